The van der Waals surface area contributed by atoms with E-state index in [1.165, 1.54) is 24.3 Å². The summed E-state index contributed by atoms with van der Waals surface area (Å²) in [5.41, 5.74) is 0.822. The second-order valence-electron chi connectivity index (χ2n) is 4.60. The van der Waals surface area contributed by atoms with Crippen LogP contribution in [0.15, 0.2) is 61.2 Å². The zero-order valence-electron chi connectivity index (χ0n) is 12.3. The van der Waals surface area contributed by atoms with E-state index in [2.05, 4.69) is 6.58 Å². The molecule has 6 nitrogen and oxygen atoms in total. The lowest BCUT2D eigenvalue weighted by molar-refractivity contribution is -0.385. The molecule has 0 atom stereocenters. The fourth-order valence-corrected chi connectivity index (χ4v) is 1.86. The Labute approximate surface area is 133 Å². The Morgan fingerprint density at radius 3 is 2.61 bits per heavy atom. The zero-order chi connectivity index (χ0) is 16.7. The summed E-state index contributed by atoms with van der Waals surface area (Å²) in [5, 5.41) is 11.0. The molecular formula is C17H15NO5. The number of carbonyl (C=O) groups is 1. The Hall–Kier alpha value is -3.15. The number of hydrogen-bond acceptors (Lipinski definition) is 5. The maximum atomic E-state index is 12.1. The summed E-state index contributed by atoms with van der Waals surface area (Å²) in [6, 6.07) is 13.1. The van der Waals surface area contributed by atoms with Crippen molar-refractivity contribution in [2.75, 3.05) is 6.61 Å². The van der Waals surface area contributed by atoms with Gasteiger partial charge >= 0.3 is 11.7 Å². The van der Waals surface area contributed by atoms with E-state index in [4.69, 9.17) is 9.47 Å². The first-order valence-electron chi connectivity index (χ1n) is 6.85. The van der Waals surface area contributed by atoms with Gasteiger partial charge in [0.25, 0.3) is 0 Å². The molecule has 0 heterocycles. The standard InChI is InChI=1S/C17H15NO5/c1-2-10-22-16-11-14(8-9-15(16)18(20)21)17(19)23-12-13-6-4-3-5-7-13/h2-9,11H,1,10,12H2. The SMILES string of the molecule is C=CCOc1cc(C(=O)OCc2ccccc2)ccc1[N+](=O)[O-]. The van der Waals surface area contributed by atoms with Crippen molar-refractivity contribution in [1.29, 1.82) is 0 Å². The summed E-state index contributed by atoms with van der Waals surface area (Å²) >= 11 is 0. The number of hydrogen-bond donors (Lipinski definition) is 0. The van der Waals surface area contributed by atoms with Gasteiger partial charge in [-0.15, -0.1) is 0 Å². The molecule has 23 heavy (non-hydrogen) atoms. The fourth-order valence-electron chi connectivity index (χ4n) is 1.86. The summed E-state index contributed by atoms with van der Waals surface area (Å²) in [6.07, 6.45) is 1.46. The lowest BCUT2D eigenvalue weighted by Crippen LogP contribution is -2.07. The fraction of sp³-hybridized carbons (Fsp3) is 0.118. The van der Waals surface area contributed by atoms with Crippen LogP contribution in [0.1, 0.15) is 15.9 Å². The van der Waals surface area contributed by atoms with E-state index in [0.717, 1.165) is 5.56 Å². The van der Waals surface area contributed by atoms with Gasteiger partial charge in [0.15, 0.2) is 5.75 Å². The van der Waals surface area contributed by atoms with Crippen molar-refractivity contribution in [1.82, 2.24) is 0 Å². The van der Waals surface area contributed by atoms with Gasteiger partial charge in [0, 0.05) is 12.1 Å². The van der Waals surface area contributed by atoms with Crippen molar-refractivity contribution in [2.45, 2.75) is 6.61 Å². The molecule has 0 saturated heterocycles. The summed E-state index contributed by atoms with van der Waals surface area (Å²) in [4.78, 5) is 22.4. The molecule has 0 saturated carbocycles. The van der Waals surface area contributed by atoms with Crippen LogP contribution >= 0.6 is 0 Å². The molecule has 2 rings (SSSR count). The minimum absolute atomic E-state index is 0.00376. The number of esters is 1. The van der Waals surface area contributed by atoms with Crippen LogP contribution in [0, 0.1) is 10.1 Å². The Balaban J connectivity index is 2.13. The Bertz CT molecular complexity index is 712. The van der Waals surface area contributed by atoms with Crippen molar-refractivity contribution < 1.29 is 19.2 Å². The van der Waals surface area contributed by atoms with Crippen LogP contribution in [0.4, 0.5) is 5.69 Å². The van der Waals surface area contributed by atoms with E-state index in [1.54, 1.807) is 0 Å². The van der Waals surface area contributed by atoms with Crippen molar-refractivity contribution >= 4 is 11.7 Å². The quantitative estimate of drug-likeness (QED) is 0.338. The first-order valence-corrected chi connectivity index (χ1v) is 6.85. The number of rotatable bonds is 7. The molecule has 2 aromatic rings. The van der Waals surface area contributed by atoms with Crippen LogP contribution in [0.5, 0.6) is 5.75 Å². The molecule has 0 N–H and O–H groups in total. The van der Waals surface area contributed by atoms with Gasteiger partial charge in [0.2, 0.25) is 0 Å². The lowest BCUT2D eigenvalue weighted by atomic mass is 10.2. The van der Waals surface area contributed by atoms with Gasteiger partial charge in [0.1, 0.15) is 13.2 Å². The minimum atomic E-state index is -0.577. The highest BCUT2D eigenvalue weighted by atomic mass is 16.6. The third-order valence-corrected chi connectivity index (χ3v) is 2.96. The average Bonchev–Trinajstić information content (AvgIpc) is 2.58. The normalized spacial score (nSPS) is 9.91. The molecule has 0 amide bonds. The van der Waals surface area contributed by atoms with E-state index < -0.39 is 10.9 Å². The van der Waals surface area contributed by atoms with Crippen LogP contribution in [0.25, 0.3) is 0 Å². The first kappa shape index (κ1) is 16.2. The van der Waals surface area contributed by atoms with Crippen molar-refractivity contribution in [2.24, 2.45) is 0 Å². The number of nitro benzene ring substituents is 1. The van der Waals surface area contributed by atoms with Gasteiger partial charge in [0.05, 0.1) is 10.5 Å². The van der Waals surface area contributed by atoms with Gasteiger partial charge in [-0.05, 0) is 11.6 Å². The van der Waals surface area contributed by atoms with Crippen LogP contribution in [0.3, 0.4) is 0 Å². The zero-order valence-corrected chi connectivity index (χ0v) is 12.3. The van der Waals surface area contributed by atoms with E-state index >= 15 is 0 Å². The predicted molar refractivity (Wildman–Crippen MR) is 84.3 cm³/mol. The highest BCUT2D eigenvalue weighted by Gasteiger charge is 2.18. The first-order chi connectivity index (χ1) is 11.1. The number of carbonyl (C=O) groups excluding carboxylic acids is 1. The average molecular weight is 313 g/mol. The second-order valence-corrected chi connectivity index (χ2v) is 4.60. The van der Waals surface area contributed by atoms with Gasteiger partial charge in [-0.2, -0.15) is 0 Å². The van der Waals surface area contributed by atoms with Gasteiger partial charge in [-0.3, -0.25) is 10.1 Å². The molecule has 0 fully saturated rings. The number of nitrogens with zero attached hydrogens (tertiary/aromatic N) is 1. The monoisotopic (exact) mass is 313 g/mol. The molecular weight excluding hydrogens is 298 g/mol. The third kappa shape index (κ3) is 4.41. The number of nitro groups is 1. The van der Waals surface area contributed by atoms with E-state index in [9.17, 15) is 14.9 Å². The molecule has 0 aromatic heterocycles. The lowest BCUT2D eigenvalue weighted by Gasteiger charge is -2.08. The predicted octanol–water partition coefficient (Wildman–Crippen LogP) is 3.52. The summed E-state index contributed by atoms with van der Waals surface area (Å²) in [6.45, 7) is 3.71. The Morgan fingerprint density at radius 2 is 1.96 bits per heavy atom. The molecule has 6 heteroatoms. The van der Waals surface area contributed by atoms with Gasteiger partial charge in [-0.1, -0.05) is 43.0 Å². The molecule has 0 spiro atoms. The Morgan fingerprint density at radius 1 is 1.22 bits per heavy atom. The van der Waals surface area contributed by atoms with E-state index in [0.29, 0.717) is 0 Å². The van der Waals surface area contributed by atoms with Crippen LogP contribution in [-0.2, 0) is 11.3 Å². The molecule has 2 aromatic carbocycles. The smallest absolute Gasteiger partial charge is 0.338 e. The minimum Gasteiger partial charge on any atom is -0.483 e. The molecule has 118 valence electrons. The largest absolute Gasteiger partial charge is 0.483 e. The second kappa shape index (κ2) is 7.74. The van der Waals surface area contributed by atoms with Crippen LogP contribution in [-0.4, -0.2) is 17.5 Å². The number of benzene rings is 2. The topological polar surface area (TPSA) is 78.7 Å². The van der Waals surface area contributed by atoms with Crippen molar-refractivity contribution in [3.63, 3.8) is 0 Å². The highest BCUT2D eigenvalue weighted by Crippen LogP contribution is 2.28. The van der Waals surface area contributed by atoms with Crippen LogP contribution in [0.2, 0.25) is 0 Å². The molecule has 0 bridgehead atoms. The van der Waals surface area contributed by atoms with Gasteiger partial charge < -0.3 is 9.47 Å². The molecule has 0 aliphatic rings. The maximum absolute atomic E-state index is 12.1. The molecule has 0 unspecified atom stereocenters. The van der Waals surface area contributed by atoms with E-state index in [-0.39, 0.29) is 30.2 Å². The van der Waals surface area contributed by atoms with Crippen molar-refractivity contribution in [3.8, 4) is 5.75 Å². The third-order valence-electron chi connectivity index (χ3n) is 2.96. The van der Waals surface area contributed by atoms with Crippen LogP contribution < -0.4 is 4.74 Å². The van der Waals surface area contributed by atoms with Gasteiger partial charge in [-0.25, -0.2) is 4.79 Å². The molecule has 0 aliphatic heterocycles. The number of ether oxygens (including phenoxy) is 2. The van der Waals surface area contributed by atoms with E-state index in [1.807, 2.05) is 30.3 Å². The van der Waals surface area contributed by atoms with Crippen molar-refractivity contribution in [3.05, 3.63) is 82.4 Å². The summed E-state index contributed by atoms with van der Waals surface area (Å²) in [5.74, 6) is -0.573. The summed E-state index contributed by atoms with van der Waals surface area (Å²) < 4.78 is 10.4. The molecule has 0 radical (unpaired) electrons. The Kier molecular flexibility index (Phi) is 5.46. The maximum Gasteiger partial charge on any atom is 0.338 e. The highest BCUT2D eigenvalue weighted by molar-refractivity contribution is 5.90. The summed E-state index contributed by atoms with van der Waals surface area (Å²) in [7, 11) is 0. The molecule has 0 aliphatic carbocycles.